The van der Waals surface area contributed by atoms with Gasteiger partial charge >= 0.3 is 0 Å². The summed E-state index contributed by atoms with van der Waals surface area (Å²) in [4.78, 5) is 4.38. The van der Waals surface area contributed by atoms with Crippen molar-refractivity contribution < 1.29 is 4.74 Å². The maximum Gasteiger partial charge on any atom is 0.145 e. The van der Waals surface area contributed by atoms with Gasteiger partial charge in [0.05, 0.1) is 7.11 Å². The molecule has 0 aliphatic carbocycles. The maximum absolute atomic E-state index is 5.33. The molecule has 96 valence electrons. The molecule has 1 heterocycles. The molecule has 0 spiro atoms. The third kappa shape index (κ3) is 2.71. The Hall–Kier alpha value is -1.81. The normalized spacial score (nSPS) is 10.6. The molecule has 0 saturated heterocycles. The van der Waals surface area contributed by atoms with Crippen molar-refractivity contribution in [3.8, 4) is 5.75 Å². The SMILES string of the molecule is CNCCCNc1ccnc2c(OC)cccc12. The number of fused-ring (bicyclic) bond motifs is 1. The van der Waals surface area contributed by atoms with Crippen molar-refractivity contribution in [1.29, 1.82) is 0 Å². The van der Waals surface area contributed by atoms with Gasteiger partial charge < -0.3 is 15.4 Å². The molecule has 0 amide bonds. The zero-order valence-electron chi connectivity index (χ0n) is 10.9. The summed E-state index contributed by atoms with van der Waals surface area (Å²) in [6.45, 7) is 1.95. The van der Waals surface area contributed by atoms with Gasteiger partial charge in [-0.1, -0.05) is 12.1 Å². The Morgan fingerprint density at radius 3 is 2.89 bits per heavy atom. The van der Waals surface area contributed by atoms with Gasteiger partial charge in [-0.15, -0.1) is 0 Å². The highest BCUT2D eigenvalue weighted by Gasteiger charge is 2.05. The first kappa shape index (κ1) is 12.6. The summed E-state index contributed by atoms with van der Waals surface area (Å²) in [5.74, 6) is 0.811. The van der Waals surface area contributed by atoms with Crippen molar-refractivity contribution in [2.45, 2.75) is 6.42 Å². The minimum absolute atomic E-state index is 0.811. The van der Waals surface area contributed by atoms with E-state index in [-0.39, 0.29) is 0 Å². The highest BCUT2D eigenvalue weighted by molar-refractivity contribution is 5.94. The molecule has 4 nitrogen and oxygen atoms in total. The van der Waals surface area contributed by atoms with Crippen molar-refractivity contribution in [3.05, 3.63) is 30.5 Å². The van der Waals surface area contributed by atoms with Crippen LogP contribution in [0.5, 0.6) is 5.75 Å². The number of methoxy groups -OCH3 is 1. The second kappa shape index (κ2) is 6.21. The Morgan fingerprint density at radius 1 is 1.22 bits per heavy atom. The Balaban J connectivity index is 2.23. The number of ether oxygens (including phenoxy) is 1. The standard InChI is InChI=1S/C14H19N3O/c1-15-8-4-9-16-12-7-10-17-14-11(12)5-3-6-13(14)18-2/h3,5-7,10,15H,4,8-9H2,1-2H3,(H,16,17). The average molecular weight is 245 g/mol. The number of pyridine rings is 1. The monoisotopic (exact) mass is 245 g/mol. The van der Waals surface area contributed by atoms with Crippen LogP contribution in [0.4, 0.5) is 5.69 Å². The van der Waals surface area contributed by atoms with Crippen molar-refractivity contribution in [1.82, 2.24) is 10.3 Å². The predicted molar refractivity (Wildman–Crippen MR) is 75.3 cm³/mol. The van der Waals surface area contributed by atoms with E-state index in [1.807, 2.05) is 31.4 Å². The van der Waals surface area contributed by atoms with Gasteiger partial charge in [0.2, 0.25) is 0 Å². The van der Waals surface area contributed by atoms with Gasteiger partial charge in [0, 0.05) is 23.8 Å². The molecule has 0 aliphatic rings. The van der Waals surface area contributed by atoms with E-state index in [0.717, 1.165) is 41.9 Å². The first-order valence-electron chi connectivity index (χ1n) is 6.17. The molecule has 2 N–H and O–H groups in total. The van der Waals surface area contributed by atoms with E-state index in [9.17, 15) is 0 Å². The van der Waals surface area contributed by atoms with E-state index in [0.29, 0.717) is 0 Å². The summed E-state index contributed by atoms with van der Waals surface area (Å²) >= 11 is 0. The van der Waals surface area contributed by atoms with Crippen LogP contribution in [0, 0.1) is 0 Å². The van der Waals surface area contributed by atoms with Crippen LogP contribution in [0.25, 0.3) is 10.9 Å². The van der Waals surface area contributed by atoms with Crippen LogP contribution < -0.4 is 15.4 Å². The van der Waals surface area contributed by atoms with Crippen molar-refractivity contribution in [2.75, 3.05) is 32.6 Å². The molecular formula is C14H19N3O. The second-order valence-electron chi connectivity index (χ2n) is 4.10. The number of para-hydroxylation sites is 1. The number of nitrogens with one attached hydrogen (secondary N) is 2. The number of anilines is 1. The number of hydrogen-bond donors (Lipinski definition) is 2. The fraction of sp³-hybridized carbons (Fsp3) is 0.357. The van der Waals surface area contributed by atoms with E-state index in [2.05, 4.69) is 21.7 Å². The van der Waals surface area contributed by atoms with Crippen LogP contribution >= 0.6 is 0 Å². The summed E-state index contributed by atoms with van der Waals surface area (Å²) in [6.07, 6.45) is 2.90. The Kier molecular flexibility index (Phi) is 4.36. The molecule has 2 rings (SSSR count). The molecule has 1 aromatic heterocycles. The van der Waals surface area contributed by atoms with Gasteiger partial charge in [0.25, 0.3) is 0 Å². The molecule has 18 heavy (non-hydrogen) atoms. The third-order valence-corrected chi connectivity index (χ3v) is 2.87. The van der Waals surface area contributed by atoms with Crippen LogP contribution in [0.1, 0.15) is 6.42 Å². The first-order valence-corrected chi connectivity index (χ1v) is 6.17. The van der Waals surface area contributed by atoms with Crippen molar-refractivity contribution >= 4 is 16.6 Å². The van der Waals surface area contributed by atoms with Gasteiger partial charge in [-0.2, -0.15) is 0 Å². The van der Waals surface area contributed by atoms with Crippen LogP contribution in [0.3, 0.4) is 0 Å². The largest absolute Gasteiger partial charge is 0.494 e. The highest BCUT2D eigenvalue weighted by atomic mass is 16.5. The molecule has 1 aromatic carbocycles. The lowest BCUT2D eigenvalue weighted by molar-refractivity contribution is 0.419. The van der Waals surface area contributed by atoms with Crippen LogP contribution in [0.15, 0.2) is 30.5 Å². The topological polar surface area (TPSA) is 46.2 Å². The number of benzene rings is 1. The molecular weight excluding hydrogens is 226 g/mol. The van der Waals surface area contributed by atoms with E-state index in [4.69, 9.17) is 4.74 Å². The smallest absolute Gasteiger partial charge is 0.145 e. The molecule has 0 unspecified atom stereocenters. The zero-order chi connectivity index (χ0) is 12.8. The maximum atomic E-state index is 5.33. The summed E-state index contributed by atoms with van der Waals surface area (Å²) in [5, 5.41) is 7.67. The summed E-state index contributed by atoms with van der Waals surface area (Å²) in [7, 11) is 3.64. The van der Waals surface area contributed by atoms with Crippen LogP contribution in [0.2, 0.25) is 0 Å². The lowest BCUT2D eigenvalue weighted by Gasteiger charge is -2.11. The first-order chi connectivity index (χ1) is 8.86. The van der Waals surface area contributed by atoms with Gasteiger partial charge in [0.1, 0.15) is 11.3 Å². The fourth-order valence-electron chi connectivity index (χ4n) is 1.96. The average Bonchev–Trinajstić information content (AvgIpc) is 2.43. The lowest BCUT2D eigenvalue weighted by atomic mass is 10.1. The molecule has 0 aliphatic heterocycles. The molecule has 0 atom stereocenters. The highest BCUT2D eigenvalue weighted by Crippen LogP contribution is 2.28. The van der Waals surface area contributed by atoms with Gasteiger partial charge in [0.15, 0.2) is 0 Å². The summed E-state index contributed by atoms with van der Waals surface area (Å²) in [6, 6.07) is 7.98. The summed E-state index contributed by atoms with van der Waals surface area (Å²) < 4.78 is 5.33. The molecule has 0 radical (unpaired) electrons. The van der Waals surface area contributed by atoms with Gasteiger partial charge in [-0.05, 0) is 32.1 Å². The quantitative estimate of drug-likeness (QED) is 0.766. The lowest BCUT2D eigenvalue weighted by Crippen LogP contribution is -2.13. The predicted octanol–water partition coefficient (Wildman–Crippen LogP) is 2.26. The number of aromatic nitrogens is 1. The number of rotatable bonds is 6. The third-order valence-electron chi connectivity index (χ3n) is 2.87. The molecule has 0 fully saturated rings. The Bertz CT molecular complexity index is 513. The Morgan fingerprint density at radius 2 is 2.11 bits per heavy atom. The van der Waals surface area contributed by atoms with E-state index >= 15 is 0 Å². The van der Waals surface area contributed by atoms with Crippen LogP contribution in [-0.2, 0) is 0 Å². The number of nitrogens with zero attached hydrogens (tertiary/aromatic N) is 1. The fourth-order valence-corrected chi connectivity index (χ4v) is 1.96. The molecule has 4 heteroatoms. The van der Waals surface area contributed by atoms with Gasteiger partial charge in [-0.25, -0.2) is 0 Å². The minimum atomic E-state index is 0.811. The zero-order valence-corrected chi connectivity index (χ0v) is 10.9. The van der Waals surface area contributed by atoms with E-state index in [1.54, 1.807) is 7.11 Å². The van der Waals surface area contributed by atoms with Gasteiger partial charge in [-0.3, -0.25) is 4.98 Å². The van der Waals surface area contributed by atoms with E-state index in [1.165, 1.54) is 0 Å². The molecule has 0 saturated carbocycles. The van der Waals surface area contributed by atoms with Crippen molar-refractivity contribution in [3.63, 3.8) is 0 Å². The minimum Gasteiger partial charge on any atom is -0.494 e. The van der Waals surface area contributed by atoms with Crippen LogP contribution in [-0.4, -0.2) is 32.2 Å². The van der Waals surface area contributed by atoms with E-state index < -0.39 is 0 Å². The molecule has 2 aromatic rings. The molecule has 0 bridgehead atoms. The number of hydrogen-bond acceptors (Lipinski definition) is 4. The summed E-state index contributed by atoms with van der Waals surface area (Å²) in [5.41, 5.74) is 2.01. The van der Waals surface area contributed by atoms with Crippen molar-refractivity contribution in [2.24, 2.45) is 0 Å². The Labute approximate surface area is 107 Å². The second-order valence-corrected chi connectivity index (χ2v) is 4.10.